The topological polar surface area (TPSA) is 42.2 Å². The van der Waals surface area contributed by atoms with E-state index in [9.17, 15) is 4.79 Å². The number of rotatable bonds is 9. The van der Waals surface area contributed by atoms with Gasteiger partial charge in [0.1, 0.15) is 11.3 Å². The van der Waals surface area contributed by atoms with Crippen molar-refractivity contribution < 1.29 is 9.21 Å². The van der Waals surface area contributed by atoms with Crippen LogP contribution in [0.1, 0.15) is 54.9 Å². The first kappa shape index (κ1) is 18.5. The summed E-state index contributed by atoms with van der Waals surface area (Å²) in [5.74, 6) is 2.79. The average molecular weight is 388 g/mol. The second-order valence-corrected chi connectivity index (χ2v) is 8.79. The van der Waals surface area contributed by atoms with Crippen molar-refractivity contribution in [3.63, 3.8) is 0 Å². The van der Waals surface area contributed by atoms with Gasteiger partial charge in [-0.2, -0.15) is 0 Å². The molecule has 3 heteroatoms. The van der Waals surface area contributed by atoms with E-state index in [4.69, 9.17) is 4.42 Å². The number of aryl methyl sites for hydroxylation is 2. The van der Waals surface area contributed by atoms with Crippen molar-refractivity contribution in [2.75, 3.05) is 6.54 Å². The Morgan fingerprint density at radius 1 is 1.00 bits per heavy atom. The number of hydrogen-bond acceptors (Lipinski definition) is 2. The van der Waals surface area contributed by atoms with Gasteiger partial charge in [-0.05, 0) is 73.6 Å². The predicted octanol–water partition coefficient (Wildman–Crippen LogP) is 5.63. The fraction of sp³-hybridized carbons (Fsp3) is 0.423. The minimum Gasteiger partial charge on any atom is -0.461 e. The van der Waals surface area contributed by atoms with E-state index < -0.39 is 0 Å². The van der Waals surface area contributed by atoms with Crippen LogP contribution < -0.4 is 5.32 Å². The van der Waals surface area contributed by atoms with Gasteiger partial charge in [-0.3, -0.25) is 4.79 Å². The zero-order chi connectivity index (χ0) is 19.6. The van der Waals surface area contributed by atoms with Crippen LogP contribution in [0.2, 0.25) is 0 Å². The molecule has 0 bridgehead atoms. The summed E-state index contributed by atoms with van der Waals surface area (Å²) in [6.07, 6.45) is 7.75. The summed E-state index contributed by atoms with van der Waals surface area (Å²) >= 11 is 0. The van der Waals surface area contributed by atoms with Gasteiger partial charge in [0.2, 0.25) is 5.91 Å². The van der Waals surface area contributed by atoms with E-state index in [1.807, 2.05) is 0 Å². The van der Waals surface area contributed by atoms with Gasteiger partial charge in [-0.1, -0.05) is 42.5 Å². The molecule has 1 heterocycles. The van der Waals surface area contributed by atoms with Crippen LogP contribution in [0.15, 0.2) is 59.0 Å². The van der Waals surface area contributed by atoms with Crippen LogP contribution >= 0.6 is 0 Å². The van der Waals surface area contributed by atoms with Crippen LogP contribution in [0.5, 0.6) is 0 Å². The molecule has 2 saturated carbocycles. The van der Waals surface area contributed by atoms with Crippen LogP contribution in [-0.2, 0) is 17.6 Å². The number of amides is 1. The summed E-state index contributed by atoms with van der Waals surface area (Å²) in [6, 6.07) is 19.4. The molecule has 2 aliphatic carbocycles. The third-order valence-corrected chi connectivity index (χ3v) is 6.44. The summed E-state index contributed by atoms with van der Waals surface area (Å²) in [6.45, 7) is 0.820. The molecule has 0 aliphatic heterocycles. The van der Waals surface area contributed by atoms with Crippen LogP contribution in [0, 0.1) is 11.8 Å². The SMILES string of the molecule is O=C(NC[C@@H]1C[C@H]1c1cccc2oc(CCCCc3ccccc3)cc12)C1CC1. The number of unbranched alkanes of at least 4 members (excludes halogenated alkanes) is 1. The van der Waals surface area contributed by atoms with Gasteiger partial charge in [0.15, 0.2) is 0 Å². The van der Waals surface area contributed by atoms with Crippen molar-refractivity contribution in [3.05, 3.63) is 71.5 Å². The highest BCUT2D eigenvalue weighted by Crippen LogP contribution is 2.49. The Kier molecular flexibility index (Phi) is 5.13. The molecule has 2 aliphatic rings. The zero-order valence-electron chi connectivity index (χ0n) is 16.9. The molecule has 5 rings (SSSR count). The fourth-order valence-electron chi connectivity index (χ4n) is 4.43. The smallest absolute Gasteiger partial charge is 0.223 e. The van der Waals surface area contributed by atoms with Crippen LogP contribution in [-0.4, -0.2) is 12.5 Å². The Labute approximate surface area is 172 Å². The number of nitrogens with one attached hydrogen (secondary N) is 1. The Morgan fingerprint density at radius 2 is 1.83 bits per heavy atom. The number of fused-ring (bicyclic) bond motifs is 1. The Bertz CT molecular complexity index is 986. The van der Waals surface area contributed by atoms with Crippen LogP contribution in [0.25, 0.3) is 11.0 Å². The summed E-state index contributed by atoms with van der Waals surface area (Å²) in [5.41, 5.74) is 3.81. The zero-order valence-corrected chi connectivity index (χ0v) is 16.9. The molecule has 2 aromatic carbocycles. The molecule has 3 nitrogen and oxygen atoms in total. The average Bonchev–Trinajstić information content (AvgIpc) is 3.67. The lowest BCUT2D eigenvalue weighted by Crippen LogP contribution is -2.27. The number of carbonyl (C=O) groups is 1. The lowest BCUT2D eigenvalue weighted by molar-refractivity contribution is -0.122. The van der Waals surface area contributed by atoms with Crippen molar-refractivity contribution in [1.29, 1.82) is 0 Å². The van der Waals surface area contributed by atoms with Crippen LogP contribution in [0.4, 0.5) is 0 Å². The Balaban J connectivity index is 1.17. The number of furan rings is 1. The highest BCUT2D eigenvalue weighted by atomic mass is 16.3. The molecule has 0 radical (unpaired) electrons. The largest absolute Gasteiger partial charge is 0.461 e. The minimum absolute atomic E-state index is 0.259. The Hall–Kier alpha value is -2.55. The molecule has 3 aromatic rings. The molecule has 1 amide bonds. The van der Waals surface area contributed by atoms with Gasteiger partial charge in [-0.25, -0.2) is 0 Å². The van der Waals surface area contributed by atoms with Crippen molar-refractivity contribution >= 4 is 16.9 Å². The van der Waals surface area contributed by atoms with E-state index in [0.717, 1.165) is 50.0 Å². The van der Waals surface area contributed by atoms with E-state index >= 15 is 0 Å². The van der Waals surface area contributed by atoms with Gasteiger partial charge in [-0.15, -0.1) is 0 Å². The maximum atomic E-state index is 11.9. The van der Waals surface area contributed by atoms with E-state index in [-0.39, 0.29) is 5.91 Å². The first-order chi connectivity index (χ1) is 14.3. The molecule has 0 spiro atoms. The quantitative estimate of drug-likeness (QED) is 0.484. The third kappa shape index (κ3) is 4.39. The van der Waals surface area contributed by atoms with Gasteiger partial charge in [0, 0.05) is 24.3 Å². The van der Waals surface area contributed by atoms with E-state index in [1.54, 1.807) is 0 Å². The van der Waals surface area contributed by atoms with Gasteiger partial charge >= 0.3 is 0 Å². The summed E-state index contributed by atoms with van der Waals surface area (Å²) in [5, 5.41) is 4.41. The van der Waals surface area contributed by atoms with E-state index in [1.165, 1.54) is 29.4 Å². The molecule has 0 saturated heterocycles. The van der Waals surface area contributed by atoms with Gasteiger partial charge in [0.25, 0.3) is 0 Å². The highest BCUT2D eigenvalue weighted by Gasteiger charge is 2.40. The molecule has 1 aromatic heterocycles. The molecule has 2 atom stereocenters. The minimum atomic E-state index is 0.259. The second kappa shape index (κ2) is 8.06. The van der Waals surface area contributed by atoms with Gasteiger partial charge in [0.05, 0.1) is 0 Å². The van der Waals surface area contributed by atoms with Gasteiger partial charge < -0.3 is 9.73 Å². The first-order valence-corrected chi connectivity index (χ1v) is 11.1. The standard InChI is InChI=1S/C26H29NO2/c28-26(19-13-14-19)27-17-20-15-23(20)22-11-6-12-25-24(22)16-21(29-25)10-5-4-9-18-7-2-1-3-8-18/h1-3,6-8,11-12,16,19-20,23H,4-5,9-10,13-15,17H2,(H,27,28)/t20-,23+/m0/s1. The molecule has 29 heavy (non-hydrogen) atoms. The van der Waals surface area contributed by atoms with Crippen molar-refractivity contribution in [2.45, 2.75) is 50.9 Å². The van der Waals surface area contributed by atoms with E-state index in [2.05, 4.69) is 59.9 Å². The molecule has 150 valence electrons. The molecule has 1 N–H and O–H groups in total. The van der Waals surface area contributed by atoms with Crippen molar-refractivity contribution in [2.24, 2.45) is 11.8 Å². The van der Waals surface area contributed by atoms with Crippen molar-refractivity contribution in [3.8, 4) is 0 Å². The van der Waals surface area contributed by atoms with Crippen LogP contribution in [0.3, 0.4) is 0 Å². The van der Waals surface area contributed by atoms with Crippen molar-refractivity contribution in [1.82, 2.24) is 5.32 Å². The molecule has 0 unspecified atom stereocenters. The monoisotopic (exact) mass is 387 g/mol. The van der Waals surface area contributed by atoms with E-state index in [0.29, 0.717) is 17.8 Å². The second-order valence-electron chi connectivity index (χ2n) is 8.79. The Morgan fingerprint density at radius 3 is 2.66 bits per heavy atom. The lowest BCUT2D eigenvalue weighted by atomic mass is 10.0. The number of benzene rings is 2. The molecule has 2 fully saturated rings. The maximum Gasteiger partial charge on any atom is 0.223 e. The lowest BCUT2D eigenvalue weighted by Gasteiger charge is -2.04. The summed E-state index contributed by atoms with van der Waals surface area (Å²) in [7, 11) is 0. The first-order valence-electron chi connectivity index (χ1n) is 11.1. The summed E-state index contributed by atoms with van der Waals surface area (Å²) in [4.78, 5) is 11.9. The fourth-order valence-corrected chi connectivity index (χ4v) is 4.43. The number of carbonyl (C=O) groups excluding carboxylic acids is 1. The number of hydrogen-bond donors (Lipinski definition) is 1. The summed E-state index contributed by atoms with van der Waals surface area (Å²) < 4.78 is 6.14. The predicted molar refractivity (Wildman–Crippen MR) is 116 cm³/mol. The highest BCUT2D eigenvalue weighted by molar-refractivity contribution is 5.83. The molecular weight excluding hydrogens is 358 g/mol. The third-order valence-electron chi connectivity index (χ3n) is 6.44. The molecular formula is C26H29NO2. The normalized spacial score (nSPS) is 20.7. The maximum absolute atomic E-state index is 11.9.